The van der Waals surface area contributed by atoms with E-state index in [1.54, 1.807) is 18.6 Å². The van der Waals surface area contributed by atoms with Crippen LogP contribution in [0.4, 0.5) is 0 Å². The van der Waals surface area contributed by atoms with Gasteiger partial charge < -0.3 is 0 Å². The van der Waals surface area contributed by atoms with Crippen molar-refractivity contribution < 1.29 is 4.79 Å². The Labute approximate surface area is 111 Å². The minimum absolute atomic E-state index is 0.172. The number of carbonyl (C=O) groups excluding carboxylic acids is 1. The van der Waals surface area contributed by atoms with Gasteiger partial charge in [-0.05, 0) is 61.9 Å². The topological polar surface area (TPSA) is 17.1 Å². The van der Waals surface area contributed by atoms with Crippen molar-refractivity contribution in [1.29, 1.82) is 0 Å². The molecule has 5 unspecified atom stereocenters. The molecule has 18 heavy (non-hydrogen) atoms. The lowest BCUT2D eigenvalue weighted by Crippen LogP contribution is -2.43. The Morgan fingerprint density at radius 2 is 2.11 bits per heavy atom. The van der Waals surface area contributed by atoms with E-state index in [9.17, 15) is 4.79 Å². The van der Waals surface area contributed by atoms with Crippen molar-refractivity contribution in [2.75, 3.05) is 0 Å². The summed E-state index contributed by atoms with van der Waals surface area (Å²) >= 11 is 0. The van der Waals surface area contributed by atoms with Crippen molar-refractivity contribution in [3.8, 4) is 0 Å². The summed E-state index contributed by atoms with van der Waals surface area (Å²) in [4.78, 5) is 11.2. The van der Waals surface area contributed by atoms with Crippen LogP contribution in [0, 0.1) is 35.5 Å². The Balaban J connectivity index is 2.28. The molecule has 3 aliphatic rings. The fourth-order valence-electron chi connectivity index (χ4n) is 4.10. The Hall–Kier alpha value is -0.850. The van der Waals surface area contributed by atoms with Crippen molar-refractivity contribution in [2.45, 2.75) is 41.0 Å². The normalized spacial score (nSPS) is 39.4. The minimum Gasteiger partial charge on any atom is -0.295 e. The molecule has 0 spiro atoms. The monoisotopic (exact) mass is 246 g/mol. The van der Waals surface area contributed by atoms with Gasteiger partial charge in [-0.15, -0.1) is 0 Å². The Morgan fingerprint density at radius 3 is 2.67 bits per heavy atom. The number of fused-ring (bicyclic) bond motifs is 2. The molecule has 0 aromatic heterocycles. The summed E-state index contributed by atoms with van der Waals surface area (Å²) in [5, 5.41) is 0. The number of hydrogen-bond acceptors (Lipinski definition) is 1. The third-order valence-corrected chi connectivity index (χ3v) is 5.16. The maximum atomic E-state index is 11.2. The van der Waals surface area contributed by atoms with Gasteiger partial charge in [0.1, 0.15) is 0 Å². The van der Waals surface area contributed by atoms with Gasteiger partial charge in [0.25, 0.3) is 0 Å². The first-order chi connectivity index (χ1) is 8.41. The fourth-order valence-corrected chi connectivity index (χ4v) is 4.10. The summed E-state index contributed by atoms with van der Waals surface area (Å²) in [6.45, 7) is 11.0. The van der Waals surface area contributed by atoms with Crippen molar-refractivity contribution in [3.63, 3.8) is 0 Å². The minimum atomic E-state index is 0.172. The maximum absolute atomic E-state index is 11.2. The van der Waals surface area contributed by atoms with E-state index in [4.69, 9.17) is 0 Å². The van der Waals surface area contributed by atoms with Gasteiger partial charge in [0.15, 0.2) is 5.78 Å². The van der Waals surface area contributed by atoms with Gasteiger partial charge >= 0.3 is 0 Å². The van der Waals surface area contributed by atoms with Gasteiger partial charge in [-0.25, -0.2) is 0 Å². The molecule has 0 saturated heterocycles. The standard InChI is InChI=1S/C17H26O/c1-10(2)15-9-16-11(3)8-17(15)14(13(16)5)7-6-12(4)18/h6-8,10,13-17H,9H2,1-5H3/b7-6+. The maximum Gasteiger partial charge on any atom is 0.152 e. The predicted octanol–water partition coefficient (Wildman–Crippen LogP) is 4.25. The lowest BCUT2D eigenvalue weighted by atomic mass is 9.54. The van der Waals surface area contributed by atoms with Crippen molar-refractivity contribution in [2.24, 2.45) is 35.5 Å². The van der Waals surface area contributed by atoms with E-state index in [1.807, 2.05) is 0 Å². The highest BCUT2D eigenvalue weighted by atomic mass is 16.1. The molecule has 0 aromatic rings. The van der Waals surface area contributed by atoms with E-state index in [-0.39, 0.29) is 5.78 Å². The van der Waals surface area contributed by atoms with Crippen LogP contribution in [-0.4, -0.2) is 5.78 Å². The molecule has 0 N–H and O–H groups in total. The summed E-state index contributed by atoms with van der Waals surface area (Å²) in [6, 6.07) is 0. The van der Waals surface area contributed by atoms with Crippen LogP contribution < -0.4 is 0 Å². The first-order valence-corrected chi connectivity index (χ1v) is 7.29. The summed E-state index contributed by atoms with van der Waals surface area (Å²) in [5.74, 6) is 4.31. The molecule has 0 radical (unpaired) electrons. The average Bonchev–Trinajstić information content (AvgIpc) is 2.27. The molecule has 1 nitrogen and oxygen atoms in total. The molecule has 0 aliphatic heterocycles. The van der Waals surface area contributed by atoms with E-state index in [0.29, 0.717) is 17.8 Å². The molecule has 1 saturated carbocycles. The number of carbonyl (C=O) groups is 1. The smallest absolute Gasteiger partial charge is 0.152 e. The van der Waals surface area contributed by atoms with Gasteiger partial charge in [0.2, 0.25) is 0 Å². The van der Waals surface area contributed by atoms with E-state index in [0.717, 1.165) is 17.8 Å². The van der Waals surface area contributed by atoms with Crippen LogP contribution in [0.25, 0.3) is 0 Å². The third-order valence-electron chi connectivity index (χ3n) is 5.16. The first kappa shape index (κ1) is 13.6. The molecule has 0 heterocycles. The molecule has 5 atom stereocenters. The van der Waals surface area contributed by atoms with Crippen molar-refractivity contribution >= 4 is 5.78 Å². The molecule has 2 bridgehead atoms. The van der Waals surface area contributed by atoms with E-state index >= 15 is 0 Å². The highest BCUT2D eigenvalue weighted by Crippen LogP contribution is 2.53. The quantitative estimate of drug-likeness (QED) is 0.537. The summed E-state index contributed by atoms with van der Waals surface area (Å²) < 4.78 is 0. The Morgan fingerprint density at radius 1 is 1.44 bits per heavy atom. The molecule has 3 aliphatic carbocycles. The van der Waals surface area contributed by atoms with Crippen molar-refractivity contribution in [1.82, 2.24) is 0 Å². The predicted molar refractivity (Wildman–Crippen MR) is 76.2 cm³/mol. The van der Waals surface area contributed by atoms with E-state index in [1.165, 1.54) is 6.42 Å². The van der Waals surface area contributed by atoms with E-state index in [2.05, 4.69) is 39.8 Å². The van der Waals surface area contributed by atoms with Crippen LogP contribution in [0.3, 0.4) is 0 Å². The Bertz CT molecular complexity index is 388. The molecular formula is C17H26O. The largest absolute Gasteiger partial charge is 0.295 e. The summed E-state index contributed by atoms with van der Waals surface area (Å²) in [5.41, 5.74) is 1.58. The number of allylic oxidation sites excluding steroid dienone is 4. The van der Waals surface area contributed by atoms with Crippen LogP contribution in [0.15, 0.2) is 23.8 Å². The van der Waals surface area contributed by atoms with Gasteiger partial charge in [0.05, 0.1) is 0 Å². The van der Waals surface area contributed by atoms with Crippen LogP contribution in [0.5, 0.6) is 0 Å². The second-order valence-corrected chi connectivity index (χ2v) is 6.64. The first-order valence-electron chi connectivity index (χ1n) is 7.29. The van der Waals surface area contributed by atoms with Gasteiger partial charge in [-0.2, -0.15) is 0 Å². The second-order valence-electron chi connectivity index (χ2n) is 6.64. The van der Waals surface area contributed by atoms with Gasteiger partial charge in [-0.1, -0.05) is 38.5 Å². The van der Waals surface area contributed by atoms with Crippen LogP contribution >= 0.6 is 0 Å². The lowest BCUT2D eigenvalue weighted by Gasteiger charge is -2.51. The fraction of sp³-hybridized carbons (Fsp3) is 0.706. The highest BCUT2D eigenvalue weighted by Gasteiger charge is 2.45. The molecule has 0 amide bonds. The average molecular weight is 246 g/mol. The summed E-state index contributed by atoms with van der Waals surface area (Å²) in [6.07, 6.45) is 7.80. The molecule has 3 rings (SSSR count). The lowest BCUT2D eigenvalue weighted by molar-refractivity contribution is -0.112. The zero-order valence-electron chi connectivity index (χ0n) is 12.3. The van der Waals surface area contributed by atoms with Crippen LogP contribution in [0.1, 0.15) is 41.0 Å². The molecular weight excluding hydrogens is 220 g/mol. The third kappa shape index (κ3) is 2.32. The number of rotatable bonds is 3. The van der Waals surface area contributed by atoms with Crippen molar-refractivity contribution in [3.05, 3.63) is 23.8 Å². The summed E-state index contributed by atoms with van der Waals surface area (Å²) in [7, 11) is 0. The second kappa shape index (κ2) is 5.03. The SMILES string of the molecule is CC(=O)/C=C/C1C(C)C2CC(C(C)C)C1C=C2C. The van der Waals surface area contributed by atoms with Crippen LogP contribution in [-0.2, 0) is 4.79 Å². The van der Waals surface area contributed by atoms with E-state index < -0.39 is 0 Å². The van der Waals surface area contributed by atoms with Gasteiger partial charge in [-0.3, -0.25) is 4.79 Å². The molecule has 1 heteroatoms. The highest BCUT2D eigenvalue weighted by molar-refractivity contribution is 5.87. The molecule has 0 aromatic carbocycles. The molecule has 1 fully saturated rings. The van der Waals surface area contributed by atoms with Crippen LogP contribution in [0.2, 0.25) is 0 Å². The zero-order valence-corrected chi connectivity index (χ0v) is 12.3. The molecule has 100 valence electrons. The van der Waals surface area contributed by atoms with Gasteiger partial charge in [0, 0.05) is 0 Å². The zero-order chi connectivity index (χ0) is 13.4. The number of ketones is 1. The number of hydrogen-bond donors (Lipinski definition) is 0. The Kier molecular flexibility index (Phi) is 3.79.